The highest BCUT2D eigenvalue weighted by molar-refractivity contribution is 7.92. The number of fused-ring (bicyclic) bond motifs is 1. The predicted octanol–water partition coefficient (Wildman–Crippen LogP) is 0.774. The van der Waals surface area contributed by atoms with Gasteiger partial charge in [0.15, 0.2) is 0 Å². The summed E-state index contributed by atoms with van der Waals surface area (Å²) in [6, 6.07) is 1.11. The maximum Gasteiger partial charge on any atom is 0.255 e. The van der Waals surface area contributed by atoms with Crippen molar-refractivity contribution in [3.8, 4) is 0 Å². The lowest BCUT2D eigenvalue weighted by Crippen LogP contribution is -2.42. The molecule has 0 bridgehead atoms. The van der Waals surface area contributed by atoms with Crippen LogP contribution >= 0.6 is 0 Å². The first kappa shape index (κ1) is 23.3. The highest BCUT2D eigenvalue weighted by Crippen LogP contribution is 2.39. The van der Waals surface area contributed by atoms with Crippen LogP contribution in [0.4, 0.5) is 0 Å². The second-order valence-electron chi connectivity index (χ2n) is 9.11. The third-order valence-corrected chi connectivity index (χ3v) is 10.0. The number of nitrogens with zero attached hydrogens (tertiary/aromatic N) is 4. The lowest BCUT2D eigenvalue weighted by molar-refractivity contribution is 0.0266. The first-order chi connectivity index (χ1) is 14.8. The molecule has 4 rings (SSSR count). The van der Waals surface area contributed by atoms with Crippen LogP contribution in [0.5, 0.6) is 0 Å². The van der Waals surface area contributed by atoms with Crippen LogP contribution in [0.25, 0.3) is 11.0 Å². The van der Waals surface area contributed by atoms with Crippen LogP contribution in [0.3, 0.4) is 0 Å². The molecular formula is C20H28N4O6S2. The molecule has 1 aliphatic heterocycles. The standard InChI is InChI=1S/C20H28N4O6S2/c1-13-11-14-12-21-19(32(29,30)15-6-9-23(10-7-15)31(3,27)28)22-17(14)24(18(13)25)16-5-4-8-20(16,2)26/h11-12,15-16,26H,4-10H2,1-3H3/t16?,20-/m1/s1. The molecule has 176 valence electrons. The van der Waals surface area contributed by atoms with Gasteiger partial charge in [-0.1, -0.05) is 0 Å². The molecule has 0 amide bonds. The van der Waals surface area contributed by atoms with E-state index in [1.807, 2.05) is 0 Å². The second kappa shape index (κ2) is 7.86. The van der Waals surface area contributed by atoms with Crippen molar-refractivity contribution in [1.29, 1.82) is 0 Å². The quantitative estimate of drug-likeness (QED) is 0.628. The van der Waals surface area contributed by atoms with E-state index in [9.17, 15) is 26.7 Å². The minimum absolute atomic E-state index is 0.116. The van der Waals surface area contributed by atoms with Gasteiger partial charge in [-0.15, -0.1) is 0 Å². The molecule has 2 atom stereocenters. The van der Waals surface area contributed by atoms with E-state index in [0.29, 0.717) is 23.8 Å². The van der Waals surface area contributed by atoms with E-state index in [-0.39, 0.29) is 42.3 Å². The SMILES string of the molecule is Cc1cc2cnc(S(=O)(=O)C3CCN(S(C)(=O)=O)CC3)nc2n(C2CCC[C@@]2(C)O)c1=O. The predicted molar refractivity (Wildman–Crippen MR) is 119 cm³/mol. The van der Waals surface area contributed by atoms with Gasteiger partial charge in [-0.2, -0.15) is 4.98 Å². The zero-order valence-corrected chi connectivity index (χ0v) is 20.0. The largest absolute Gasteiger partial charge is 0.388 e. The summed E-state index contributed by atoms with van der Waals surface area (Å²) in [5.41, 5.74) is -0.761. The Morgan fingerprint density at radius 3 is 2.38 bits per heavy atom. The highest BCUT2D eigenvalue weighted by Gasteiger charge is 2.40. The third kappa shape index (κ3) is 3.97. The number of sulfonamides is 1. The van der Waals surface area contributed by atoms with Gasteiger partial charge < -0.3 is 5.11 Å². The second-order valence-corrected chi connectivity index (χ2v) is 13.2. The molecule has 1 aliphatic carbocycles. The first-order valence-electron chi connectivity index (χ1n) is 10.6. The number of aryl methyl sites for hydroxylation is 1. The first-order valence-corrected chi connectivity index (χ1v) is 14.0. The number of hydrogen-bond donors (Lipinski definition) is 1. The van der Waals surface area contributed by atoms with Crippen LogP contribution in [0.1, 0.15) is 50.6 Å². The minimum atomic E-state index is -3.94. The van der Waals surface area contributed by atoms with Gasteiger partial charge in [-0.3, -0.25) is 9.36 Å². The van der Waals surface area contributed by atoms with Gasteiger partial charge >= 0.3 is 0 Å². The van der Waals surface area contributed by atoms with Crippen LogP contribution in [0.2, 0.25) is 0 Å². The molecule has 2 aliphatic rings. The fourth-order valence-corrected chi connectivity index (χ4v) is 7.25. The number of hydrogen-bond acceptors (Lipinski definition) is 8. The Kier molecular flexibility index (Phi) is 5.71. The highest BCUT2D eigenvalue weighted by atomic mass is 32.2. The van der Waals surface area contributed by atoms with Crippen molar-refractivity contribution in [3.63, 3.8) is 0 Å². The minimum Gasteiger partial charge on any atom is -0.388 e. The summed E-state index contributed by atoms with van der Waals surface area (Å²) in [6.45, 7) is 3.58. The summed E-state index contributed by atoms with van der Waals surface area (Å²) >= 11 is 0. The van der Waals surface area contributed by atoms with Gasteiger partial charge in [0.2, 0.25) is 25.0 Å². The molecule has 1 saturated carbocycles. The topological polar surface area (TPSA) is 140 Å². The Labute approximate surface area is 187 Å². The van der Waals surface area contributed by atoms with Gasteiger partial charge in [0.05, 0.1) is 23.1 Å². The monoisotopic (exact) mass is 484 g/mol. The average Bonchev–Trinajstić information content (AvgIpc) is 3.06. The molecule has 3 heterocycles. The maximum absolute atomic E-state index is 13.3. The molecule has 1 unspecified atom stereocenters. The van der Waals surface area contributed by atoms with Gasteiger partial charge in [0.25, 0.3) is 5.56 Å². The van der Waals surface area contributed by atoms with Crippen LogP contribution in [-0.4, -0.2) is 71.0 Å². The molecular weight excluding hydrogens is 456 g/mol. The molecule has 1 saturated heterocycles. The smallest absolute Gasteiger partial charge is 0.255 e. The lowest BCUT2D eigenvalue weighted by atomic mass is 9.99. The molecule has 1 N–H and O–H groups in total. The van der Waals surface area contributed by atoms with E-state index in [1.165, 1.54) is 15.1 Å². The van der Waals surface area contributed by atoms with Crippen molar-refractivity contribution in [2.45, 2.75) is 68.0 Å². The Hall–Kier alpha value is -1.89. The maximum atomic E-state index is 13.3. The van der Waals surface area contributed by atoms with Crippen molar-refractivity contribution < 1.29 is 21.9 Å². The normalized spacial score (nSPS) is 26.1. The molecule has 32 heavy (non-hydrogen) atoms. The number of rotatable bonds is 4. The van der Waals surface area contributed by atoms with Crippen LogP contribution < -0.4 is 5.56 Å². The van der Waals surface area contributed by atoms with E-state index in [0.717, 1.165) is 12.7 Å². The van der Waals surface area contributed by atoms with Crippen LogP contribution in [0, 0.1) is 6.92 Å². The van der Waals surface area contributed by atoms with Gasteiger partial charge in [0, 0.05) is 30.2 Å². The van der Waals surface area contributed by atoms with Crippen molar-refractivity contribution >= 4 is 30.9 Å². The summed E-state index contributed by atoms with van der Waals surface area (Å²) in [6.07, 6.45) is 4.66. The molecule has 12 heteroatoms. The molecule has 0 radical (unpaired) electrons. The van der Waals surface area contributed by atoms with Gasteiger partial charge in [0.1, 0.15) is 5.65 Å². The van der Waals surface area contributed by atoms with Crippen molar-refractivity contribution in [1.82, 2.24) is 18.8 Å². The number of sulfone groups is 1. The lowest BCUT2D eigenvalue weighted by Gasteiger charge is -2.30. The molecule has 2 fully saturated rings. The van der Waals surface area contributed by atoms with E-state index in [4.69, 9.17) is 0 Å². The van der Waals surface area contributed by atoms with Crippen molar-refractivity contribution in [2.24, 2.45) is 0 Å². The van der Waals surface area contributed by atoms with Gasteiger partial charge in [-0.05, 0) is 52.0 Å². The third-order valence-electron chi connectivity index (χ3n) is 6.68. The fourth-order valence-electron chi connectivity index (χ4n) is 4.83. The Morgan fingerprint density at radius 1 is 1.16 bits per heavy atom. The fraction of sp³-hybridized carbons (Fsp3) is 0.650. The Bertz CT molecular complexity index is 1330. The number of aromatic nitrogens is 3. The summed E-state index contributed by atoms with van der Waals surface area (Å²) in [7, 11) is -7.31. The summed E-state index contributed by atoms with van der Waals surface area (Å²) in [5, 5.41) is 10.2. The van der Waals surface area contributed by atoms with E-state index >= 15 is 0 Å². The zero-order valence-electron chi connectivity index (χ0n) is 18.4. The number of pyridine rings is 1. The van der Waals surface area contributed by atoms with Crippen molar-refractivity contribution in [2.75, 3.05) is 19.3 Å². The summed E-state index contributed by atoms with van der Waals surface area (Å²) < 4.78 is 52.7. The molecule has 10 nitrogen and oxygen atoms in total. The molecule has 0 spiro atoms. The number of piperidine rings is 1. The molecule has 2 aromatic rings. The van der Waals surface area contributed by atoms with Crippen LogP contribution in [-0.2, 0) is 19.9 Å². The average molecular weight is 485 g/mol. The zero-order chi connectivity index (χ0) is 23.5. The van der Waals surface area contributed by atoms with Gasteiger partial charge in [-0.25, -0.2) is 26.1 Å². The summed E-state index contributed by atoms with van der Waals surface area (Å²) in [4.78, 5) is 21.4. The summed E-state index contributed by atoms with van der Waals surface area (Å²) in [5.74, 6) is 0. The van der Waals surface area contributed by atoms with E-state index < -0.39 is 36.8 Å². The number of aliphatic hydroxyl groups is 1. The van der Waals surface area contributed by atoms with E-state index in [2.05, 4.69) is 9.97 Å². The Morgan fingerprint density at radius 2 is 1.81 bits per heavy atom. The van der Waals surface area contributed by atoms with E-state index in [1.54, 1.807) is 19.9 Å². The molecule has 0 aromatic carbocycles. The van der Waals surface area contributed by atoms with Crippen LogP contribution in [0.15, 0.2) is 22.2 Å². The Balaban J connectivity index is 1.78. The molecule has 2 aromatic heterocycles. The van der Waals surface area contributed by atoms with Crippen molar-refractivity contribution in [3.05, 3.63) is 28.2 Å².